The molecule has 0 spiro atoms. The summed E-state index contributed by atoms with van der Waals surface area (Å²) in [7, 11) is 0. The van der Waals surface area contributed by atoms with E-state index in [0.29, 0.717) is 6.42 Å². The molecule has 9 heteroatoms. The van der Waals surface area contributed by atoms with Crippen molar-refractivity contribution in [3.8, 4) is 0 Å². The monoisotopic (exact) mass is 374 g/mol. The van der Waals surface area contributed by atoms with Crippen molar-refractivity contribution in [1.29, 1.82) is 0 Å². The molecule has 25 heavy (non-hydrogen) atoms. The van der Waals surface area contributed by atoms with E-state index in [1.807, 2.05) is 18.2 Å². The first kappa shape index (κ1) is 20.5. The Labute approximate surface area is 172 Å². The number of rotatable bonds is 4. The van der Waals surface area contributed by atoms with Crippen molar-refractivity contribution in [2.75, 3.05) is 0 Å². The van der Waals surface area contributed by atoms with Crippen LogP contribution in [0.1, 0.15) is 26.7 Å². The number of fused-ring (bicyclic) bond motifs is 1. The first-order valence-corrected chi connectivity index (χ1v) is 8.74. The molecule has 0 aromatic carbocycles. The van der Waals surface area contributed by atoms with Crippen LogP contribution in [0.25, 0.3) is 0 Å². The minimum absolute atomic E-state index is 0. The molecule has 3 rings (SSSR count). The van der Waals surface area contributed by atoms with E-state index in [4.69, 9.17) is 5.73 Å². The molecule has 7 nitrogen and oxygen atoms in total. The Bertz CT molecular complexity index is 664. The molecule has 4 N–H and O–H groups in total. The average Bonchev–Trinajstić information content (AvgIpc) is 2.80. The van der Waals surface area contributed by atoms with Gasteiger partial charge in [-0.2, -0.15) is 0 Å². The second-order valence-electron chi connectivity index (χ2n) is 6.75. The van der Waals surface area contributed by atoms with E-state index in [0.717, 1.165) is 12.0 Å². The van der Waals surface area contributed by atoms with E-state index in [1.54, 1.807) is 13.8 Å². The van der Waals surface area contributed by atoms with Gasteiger partial charge in [0.05, 0.1) is 0 Å². The number of carbonyl (C=O) groups excluding carboxylic acids is 2. The molecule has 0 bridgehead atoms. The van der Waals surface area contributed by atoms with Crippen molar-refractivity contribution >= 4 is 29.5 Å². The summed E-state index contributed by atoms with van der Waals surface area (Å²) in [6.45, 7) is 3.59. The maximum atomic E-state index is 12.4. The second kappa shape index (κ2) is 7.44. The molecule has 4 atom stereocenters. The van der Waals surface area contributed by atoms with Crippen LogP contribution in [-0.4, -0.2) is 56.0 Å². The fourth-order valence-corrected chi connectivity index (χ4v) is 5.05. The summed E-state index contributed by atoms with van der Waals surface area (Å²) in [5.74, 6) is -1.78. The van der Waals surface area contributed by atoms with Crippen LogP contribution in [0.3, 0.4) is 0 Å². The van der Waals surface area contributed by atoms with E-state index in [-0.39, 0.29) is 40.8 Å². The van der Waals surface area contributed by atoms with Gasteiger partial charge in [0.15, 0.2) is 0 Å². The average molecular weight is 374 g/mol. The van der Waals surface area contributed by atoms with Gasteiger partial charge in [0, 0.05) is 4.75 Å². The molecule has 2 amide bonds. The summed E-state index contributed by atoms with van der Waals surface area (Å²) in [5.41, 5.74) is 6.83. The number of nitrogens with two attached hydrogens (primary N) is 1. The summed E-state index contributed by atoms with van der Waals surface area (Å²) in [6.07, 6.45) is 7.27. The number of carbonyl (C=O) groups is 3. The van der Waals surface area contributed by atoms with Gasteiger partial charge in [-0.25, -0.2) is 4.79 Å². The largest absolute Gasteiger partial charge is 1.00 e. The van der Waals surface area contributed by atoms with Crippen molar-refractivity contribution in [1.82, 2.24) is 10.2 Å². The summed E-state index contributed by atoms with van der Waals surface area (Å²) in [5, 5.41) is 11.7. The van der Waals surface area contributed by atoms with Crippen molar-refractivity contribution < 1.29 is 49.0 Å². The Hall–Kier alpha value is -0.800. The molecule has 0 aromatic rings. The number of carboxylic acid groups (broad SMARTS) is 1. The van der Waals surface area contributed by atoms with Crippen LogP contribution < -0.4 is 40.6 Å². The summed E-state index contributed by atoms with van der Waals surface area (Å²) < 4.78 is -0.607. The molecule has 2 heterocycles. The quantitative estimate of drug-likeness (QED) is 0.279. The van der Waals surface area contributed by atoms with Crippen LogP contribution in [0.15, 0.2) is 23.8 Å². The fourth-order valence-electron chi connectivity index (χ4n) is 3.43. The molecule has 2 saturated heterocycles. The Morgan fingerprint density at radius 1 is 1.44 bits per heavy atom. The third-order valence-electron chi connectivity index (χ3n) is 4.69. The summed E-state index contributed by atoms with van der Waals surface area (Å²) in [4.78, 5) is 37.5. The number of nitrogens with zero attached hydrogens (tertiary/aromatic N) is 1. The van der Waals surface area contributed by atoms with Gasteiger partial charge in [-0.1, -0.05) is 18.2 Å². The van der Waals surface area contributed by atoms with E-state index in [9.17, 15) is 19.5 Å². The van der Waals surface area contributed by atoms with Crippen LogP contribution in [0.2, 0.25) is 0 Å². The number of β-lactam (4-membered cyclic amide) rings is 1. The molecule has 0 saturated carbocycles. The molecular formula is C16H21N3NaO4S+. The molecule has 0 radical (unpaired) electrons. The third kappa shape index (κ3) is 3.55. The molecule has 0 aromatic heterocycles. The van der Waals surface area contributed by atoms with Gasteiger partial charge >= 0.3 is 35.5 Å². The van der Waals surface area contributed by atoms with Crippen LogP contribution in [-0.2, 0) is 14.4 Å². The van der Waals surface area contributed by atoms with Gasteiger partial charge in [0.1, 0.15) is 23.5 Å². The van der Waals surface area contributed by atoms with Gasteiger partial charge in [-0.05, 0) is 32.3 Å². The molecule has 0 unspecified atom stereocenters. The molecule has 2 aliphatic heterocycles. The maximum Gasteiger partial charge on any atom is 1.00 e. The van der Waals surface area contributed by atoms with Crippen LogP contribution in [0.4, 0.5) is 0 Å². The molecule has 1 aliphatic carbocycles. The zero-order chi connectivity index (χ0) is 17.6. The Kier molecular flexibility index (Phi) is 6.10. The maximum absolute atomic E-state index is 12.4. The fraction of sp³-hybridized carbons (Fsp3) is 0.562. The Morgan fingerprint density at radius 3 is 2.68 bits per heavy atom. The number of hydrogen-bond acceptors (Lipinski definition) is 5. The molecule has 130 valence electrons. The van der Waals surface area contributed by atoms with Gasteiger partial charge in [0.25, 0.3) is 0 Å². The predicted molar refractivity (Wildman–Crippen MR) is 90.1 cm³/mol. The summed E-state index contributed by atoms with van der Waals surface area (Å²) >= 11 is 1.40. The first-order valence-electron chi connectivity index (χ1n) is 7.86. The number of hydrogen-bond donors (Lipinski definition) is 3. The van der Waals surface area contributed by atoms with Crippen LogP contribution >= 0.6 is 11.8 Å². The van der Waals surface area contributed by atoms with Crippen molar-refractivity contribution in [3.05, 3.63) is 23.8 Å². The van der Waals surface area contributed by atoms with Gasteiger partial charge in [-0.3, -0.25) is 9.59 Å². The standard InChI is InChI=1S/C16H21N3O4S.Na/c1-16(2)11(15(22)23)19-13(21)10(14(19)24-16)18-12(20)9(17)8-6-4-3-5-7-8;/h3-4,7,9-11,14H,5-6,17H2,1-2H3,(H,18,20)(H,22,23);/q;+1/t9-,10-,11+,14-;/m1./s1. The van der Waals surface area contributed by atoms with Gasteiger partial charge in [-0.15, -0.1) is 11.8 Å². The number of allylic oxidation sites excluding steroid dienone is 3. The molecule has 2 fully saturated rings. The number of carboxylic acids is 1. The zero-order valence-electron chi connectivity index (χ0n) is 14.6. The summed E-state index contributed by atoms with van der Waals surface area (Å²) in [6, 6.07) is -2.38. The second-order valence-corrected chi connectivity index (χ2v) is 8.52. The number of amides is 2. The molecule has 3 aliphatic rings. The zero-order valence-corrected chi connectivity index (χ0v) is 17.4. The SMILES string of the molecule is CC1(C)S[C@@H]2[C@H](NC(=O)[C@H](N)C3=CCC=CC3)C(=O)N2[C@H]1C(=O)O.[Na+]. The van der Waals surface area contributed by atoms with E-state index >= 15 is 0 Å². The normalized spacial score (nSPS) is 30.5. The minimum Gasteiger partial charge on any atom is -0.480 e. The Morgan fingerprint density at radius 2 is 2.12 bits per heavy atom. The molecular weight excluding hydrogens is 353 g/mol. The van der Waals surface area contributed by atoms with Gasteiger partial charge < -0.3 is 21.1 Å². The smallest absolute Gasteiger partial charge is 0.480 e. The van der Waals surface area contributed by atoms with Crippen LogP contribution in [0.5, 0.6) is 0 Å². The van der Waals surface area contributed by atoms with Gasteiger partial charge in [0.2, 0.25) is 11.8 Å². The first-order chi connectivity index (χ1) is 11.2. The Balaban J connectivity index is 0.00000225. The number of aliphatic carboxylic acids is 1. The van der Waals surface area contributed by atoms with E-state index in [1.165, 1.54) is 16.7 Å². The number of thioether (sulfide) groups is 1. The topological polar surface area (TPSA) is 113 Å². The predicted octanol–water partition coefficient (Wildman–Crippen LogP) is -2.77. The van der Waals surface area contributed by atoms with E-state index < -0.39 is 34.7 Å². The number of nitrogens with one attached hydrogen (secondary N) is 1. The van der Waals surface area contributed by atoms with E-state index in [2.05, 4.69) is 5.32 Å². The van der Waals surface area contributed by atoms with Crippen LogP contribution in [0, 0.1) is 0 Å². The minimum atomic E-state index is -1.02. The van der Waals surface area contributed by atoms with Crippen molar-refractivity contribution in [3.63, 3.8) is 0 Å². The van der Waals surface area contributed by atoms with Crippen molar-refractivity contribution in [2.24, 2.45) is 5.73 Å². The van der Waals surface area contributed by atoms with Crippen molar-refractivity contribution in [2.45, 2.75) is 54.9 Å². The third-order valence-corrected chi connectivity index (χ3v) is 6.26.